The van der Waals surface area contributed by atoms with Crippen molar-refractivity contribution in [2.24, 2.45) is 0 Å². The Kier molecular flexibility index (Phi) is 7.36. The summed E-state index contributed by atoms with van der Waals surface area (Å²) in [7, 11) is 0. The van der Waals surface area contributed by atoms with E-state index < -0.39 is 23.0 Å². The number of amides is 2. The third-order valence-electron chi connectivity index (χ3n) is 6.83. The molecule has 0 unspecified atom stereocenters. The van der Waals surface area contributed by atoms with Crippen molar-refractivity contribution in [1.29, 1.82) is 0 Å². The minimum Gasteiger partial charge on any atom is -0.353 e. The van der Waals surface area contributed by atoms with E-state index >= 15 is 0 Å². The van der Waals surface area contributed by atoms with Crippen molar-refractivity contribution in [2.45, 2.75) is 49.7 Å². The first-order chi connectivity index (χ1) is 17.1. The van der Waals surface area contributed by atoms with Crippen LogP contribution in [0.3, 0.4) is 0 Å². The van der Waals surface area contributed by atoms with Crippen molar-refractivity contribution < 1.29 is 18.4 Å². The Morgan fingerprint density at radius 2 is 1.83 bits per heavy atom. The van der Waals surface area contributed by atoms with Gasteiger partial charge < -0.3 is 5.32 Å². The van der Waals surface area contributed by atoms with Crippen LogP contribution >= 0.6 is 11.6 Å². The molecular formula is C27H27ClF2N4O2. The first-order valence-corrected chi connectivity index (χ1v) is 12.1. The molecule has 0 radical (unpaired) electrons. The van der Waals surface area contributed by atoms with Crippen molar-refractivity contribution in [3.63, 3.8) is 0 Å². The molecule has 9 heteroatoms. The Morgan fingerprint density at radius 3 is 2.42 bits per heavy atom. The standard InChI is InChI=1S/C27H27ClF2N4O2/c1-26(11-12-26)19-6-8-22(9-7-19)34(24(35)23(28)30)27(2,20-15-31-17-32-16-20)25(36)33-13-10-18-4-3-5-21(29)14-18/h3-9,14-17,23H,10-13H2,1-2H3,(H,33,36)/t23-,27-/m0/s1. The first kappa shape index (κ1) is 25.7. The maximum atomic E-state index is 14.3. The number of nitrogens with zero attached hydrogens (tertiary/aromatic N) is 3. The summed E-state index contributed by atoms with van der Waals surface area (Å²) in [5.74, 6) is -2.05. The molecule has 2 aromatic carbocycles. The van der Waals surface area contributed by atoms with Crippen LogP contribution < -0.4 is 10.2 Å². The van der Waals surface area contributed by atoms with Crippen LogP contribution in [0.2, 0.25) is 0 Å². The second-order valence-corrected chi connectivity index (χ2v) is 9.80. The van der Waals surface area contributed by atoms with E-state index in [1.165, 1.54) is 37.8 Å². The molecule has 3 aromatic rings. The van der Waals surface area contributed by atoms with Gasteiger partial charge in [-0.2, -0.15) is 0 Å². The van der Waals surface area contributed by atoms with Gasteiger partial charge in [0.05, 0.1) is 0 Å². The molecular weight excluding hydrogens is 486 g/mol. The summed E-state index contributed by atoms with van der Waals surface area (Å²) < 4.78 is 27.8. The number of nitrogens with one attached hydrogen (secondary N) is 1. The summed E-state index contributed by atoms with van der Waals surface area (Å²) in [5.41, 5.74) is -1.64. The normalized spacial score (nSPS) is 16.5. The number of carbonyl (C=O) groups is 2. The van der Waals surface area contributed by atoms with Gasteiger partial charge in [0.25, 0.3) is 17.4 Å². The molecule has 1 fully saturated rings. The number of halogens is 3. The Balaban J connectivity index is 1.69. The maximum absolute atomic E-state index is 14.3. The molecule has 0 spiro atoms. The van der Waals surface area contributed by atoms with Crippen LogP contribution in [0.5, 0.6) is 0 Å². The smallest absolute Gasteiger partial charge is 0.278 e. The second kappa shape index (κ2) is 10.3. The molecule has 4 rings (SSSR count). The zero-order chi connectivity index (χ0) is 25.9. The highest BCUT2D eigenvalue weighted by Crippen LogP contribution is 2.48. The van der Waals surface area contributed by atoms with Gasteiger partial charge in [-0.15, -0.1) is 0 Å². The van der Waals surface area contributed by atoms with Crippen LogP contribution in [0.1, 0.15) is 43.4 Å². The van der Waals surface area contributed by atoms with Gasteiger partial charge in [-0.3, -0.25) is 14.5 Å². The summed E-state index contributed by atoms with van der Waals surface area (Å²) in [5, 5.41) is 2.80. The topological polar surface area (TPSA) is 75.2 Å². The van der Waals surface area contributed by atoms with Gasteiger partial charge in [0.2, 0.25) is 0 Å². The highest BCUT2D eigenvalue weighted by molar-refractivity contribution is 6.32. The third kappa shape index (κ3) is 5.23. The molecule has 188 valence electrons. The third-order valence-corrected chi connectivity index (χ3v) is 7.02. The van der Waals surface area contributed by atoms with E-state index in [4.69, 9.17) is 11.6 Å². The number of aromatic nitrogens is 2. The number of benzene rings is 2. The summed E-state index contributed by atoms with van der Waals surface area (Å²) in [4.78, 5) is 35.9. The van der Waals surface area contributed by atoms with E-state index in [9.17, 15) is 18.4 Å². The molecule has 2 amide bonds. The minimum atomic E-state index is -2.38. The molecule has 1 N–H and O–H groups in total. The Labute approximate surface area is 213 Å². The van der Waals surface area contributed by atoms with Crippen LogP contribution in [0.15, 0.2) is 67.3 Å². The molecule has 0 bridgehead atoms. The Morgan fingerprint density at radius 1 is 1.17 bits per heavy atom. The van der Waals surface area contributed by atoms with Crippen LogP contribution in [0.25, 0.3) is 0 Å². The average molecular weight is 513 g/mol. The summed E-state index contributed by atoms with van der Waals surface area (Å²) in [6.07, 6.45) is 6.59. The molecule has 1 aliphatic carbocycles. The number of anilines is 1. The quantitative estimate of drug-likeness (QED) is 0.418. The largest absolute Gasteiger partial charge is 0.353 e. The zero-order valence-electron chi connectivity index (χ0n) is 20.0. The monoisotopic (exact) mass is 512 g/mol. The van der Waals surface area contributed by atoms with Gasteiger partial charge in [0, 0.05) is 30.2 Å². The number of rotatable bonds is 9. The summed E-state index contributed by atoms with van der Waals surface area (Å²) >= 11 is 5.63. The summed E-state index contributed by atoms with van der Waals surface area (Å²) in [6.45, 7) is 3.81. The van der Waals surface area contributed by atoms with Gasteiger partial charge in [0.1, 0.15) is 12.1 Å². The molecule has 1 aliphatic rings. The minimum absolute atomic E-state index is 0.0906. The van der Waals surface area contributed by atoms with Crippen molar-refractivity contribution in [3.8, 4) is 0 Å². The Hall–Kier alpha value is -3.39. The van der Waals surface area contributed by atoms with Gasteiger partial charge in [-0.05, 0) is 67.0 Å². The van der Waals surface area contributed by atoms with E-state index in [-0.39, 0.29) is 23.3 Å². The van der Waals surface area contributed by atoms with Crippen LogP contribution in [-0.4, -0.2) is 34.0 Å². The fourth-order valence-corrected chi connectivity index (χ4v) is 4.39. The SMILES string of the molecule is CC1(c2ccc(N(C(=O)[C@H](F)Cl)[C@](C)(C(=O)NCCc3cccc(F)c3)c3cncnc3)cc2)CC1. The predicted octanol–water partition coefficient (Wildman–Crippen LogP) is 4.81. The molecule has 36 heavy (non-hydrogen) atoms. The van der Waals surface area contributed by atoms with Gasteiger partial charge in [0.15, 0.2) is 5.54 Å². The molecule has 0 aliphatic heterocycles. The predicted molar refractivity (Wildman–Crippen MR) is 134 cm³/mol. The van der Waals surface area contributed by atoms with Crippen molar-refractivity contribution >= 4 is 29.1 Å². The highest BCUT2D eigenvalue weighted by Gasteiger charge is 2.47. The fourth-order valence-electron chi connectivity index (χ4n) is 4.29. The molecule has 1 heterocycles. The van der Waals surface area contributed by atoms with Gasteiger partial charge in [-0.1, -0.05) is 42.8 Å². The van der Waals surface area contributed by atoms with Gasteiger partial charge in [-0.25, -0.2) is 18.7 Å². The van der Waals surface area contributed by atoms with E-state index in [1.807, 2.05) is 12.1 Å². The summed E-state index contributed by atoms with van der Waals surface area (Å²) in [6, 6.07) is 13.2. The van der Waals surface area contributed by atoms with E-state index in [1.54, 1.807) is 24.3 Å². The Bertz CT molecular complexity index is 1240. The molecule has 2 atom stereocenters. The van der Waals surface area contributed by atoms with Crippen molar-refractivity contribution in [2.75, 3.05) is 11.4 Å². The molecule has 0 saturated heterocycles. The van der Waals surface area contributed by atoms with E-state index in [2.05, 4.69) is 22.2 Å². The lowest BCUT2D eigenvalue weighted by molar-refractivity contribution is -0.131. The van der Waals surface area contributed by atoms with E-state index in [0.717, 1.165) is 23.3 Å². The fraction of sp³-hybridized carbons (Fsp3) is 0.333. The van der Waals surface area contributed by atoms with Crippen LogP contribution in [0, 0.1) is 5.82 Å². The highest BCUT2D eigenvalue weighted by atomic mass is 35.5. The lowest BCUT2D eigenvalue weighted by Gasteiger charge is -2.40. The number of carbonyl (C=O) groups excluding carboxylic acids is 2. The second-order valence-electron chi connectivity index (χ2n) is 9.42. The lowest BCUT2D eigenvalue weighted by atomic mass is 9.89. The molecule has 6 nitrogen and oxygen atoms in total. The average Bonchev–Trinajstić information content (AvgIpc) is 3.63. The van der Waals surface area contributed by atoms with Crippen molar-refractivity contribution in [1.82, 2.24) is 15.3 Å². The van der Waals surface area contributed by atoms with Gasteiger partial charge >= 0.3 is 0 Å². The maximum Gasteiger partial charge on any atom is 0.278 e. The molecule has 1 aromatic heterocycles. The lowest BCUT2D eigenvalue weighted by Crippen LogP contribution is -2.58. The first-order valence-electron chi connectivity index (χ1n) is 11.7. The number of hydrogen-bond acceptors (Lipinski definition) is 4. The van der Waals surface area contributed by atoms with Crippen LogP contribution in [0.4, 0.5) is 14.5 Å². The number of alkyl halides is 2. The molecule has 1 saturated carbocycles. The van der Waals surface area contributed by atoms with Crippen LogP contribution in [-0.2, 0) is 27.0 Å². The zero-order valence-corrected chi connectivity index (χ0v) is 20.8. The van der Waals surface area contributed by atoms with Crippen molar-refractivity contribution in [3.05, 3.63) is 89.8 Å². The van der Waals surface area contributed by atoms with E-state index in [0.29, 0.717) is 17.7 Å². The number of hydrogen-bond donors (Lipinski definition) is 1.